The lowest BCUT2D eigenvalue weighted by Crippen LogP contribution is -2.52. The van der Waals surface area contributed by atoms with Crippen molar-refractivity contribution in [3.8, 4) is 0 Å². The van der Waals surface area contributed by atoms with E-state index in [0.29, 0.717) is 13.1 Å². The van der Waals surface area contributed by atoms with Crippen LogP contribution in [0.2, 0.25) is 0 Å². The molecule has 2 heterocycles. The van der Waals surface area contributed by atoms with Crippen LogP contribution in [-0.4, -0.2) is 48.3 Å². The molecule has 0 aromatic rings. The third kappa shape index (κ3) is 2.50. The topological polar surface area (TPSA) is 38.8 Å². The van der Waals surface area contributed by atoms with E-state index in [2.05, 4.69) is 0 Å². The van der Waals surface area contributed by atoms with Gasteiger partial charge in [0, 0.05) is 25.9 Å². The number of halogens is 1. The van der Waals surface area contributed by atoms with Crippen LogP contribution in [0.1, 0.15) is 26.2 Å². The molecular formula is C11H18ClNO3. The minimum atomic E-state index is -0.442. The Kier molecular flexibility index (Phi) is 3.72. The second-order valence-electron chi connectivity index (χ2n) is 4.40. The molecule has 1 unspecified atom stereocenters. The van der Waals surface area contributed by atoms with Crippen molar-refractivity contribution in [2.75, 3.05) is 26.3 Å². The molecule has 4 nitrogen and oxygen atoms in total. The number of piperidine rings is 1. The molecule has 1 atom stereocenters. The number of nitrogens with zero attached hydrogens (tertiary/aromatic N) is 1. The number of rotatable bonds is 1. The molecule has 5 heteroatoms. The summed E-state index contributed by atoms with van der Waals surface area (Å²) in [6, 6.07) is 0. The Morgan fingerprint density at radius 2 is 1.88 bits per heavy atom. The maximum Gasteiger partial charge on any atom is 0.240 e. The van der Waals surface area contributed by atoms with Crippen molar-refractivity contribution in [3.05, 3.63) is 0 Å². The molecule has 0 radical (unpaired) electrons. The summed E-state index contributed by atoms with van der Waals surface area (Å²) >= 11 is 5.79. The van der Waals surface area contributed by atoms with Gasteiger partial charge < -0.3 is 14.4 Å². The highest BCUT2D eigenvalue weighted by Crippen LogP contribution is 2.30. The van der Waals surface area contributed by atoms with E-state index >= 15 is 0 Å². The van der Waals surface area contributed by atoms with Gasteiger partial charge in [0.1, 0.15) is 5.38 Å². The van der Waals surface area contributed by atoms with E-state index in [-0.39, 0.29) is 5.91 Å². The Morgan fingerprint density at radius 1 is 1.31 bits per heavy atom. The first-order chi connectivity index (χ1) is 7.63. The summed E-state index contributed by atoms with van der Waals surface area (Å²) in [5.74, 6) is -0.419. The van der Waals surface area contributed by atoms with E-state index in [9.17, 15) is 4.79 Å². The number of ether oxygens (including phenoxy) is 2. The lowest BCUT2D eigenvalue weighted by molar-refractivity contribution is -0.282. The lowest BCUT2D eigenvalue weighted by Gasteiger charge is -2.43. The molecule has 2 saturated heterocycles. The number of likely N-dealkylation sites (tertiary alicyclic amines) is 1. The maximum absolute atomic E-state index is 11.7. The highest BCUT2D eigenvalue weighted by molar-refractivity contribution is 6.30. The molecule has 1 amide bonds. The van der Waals surface area contributed by atoms with Gasteiger partial charge in [-0.2, -0.15) is 0 Å². The summed E-state index contributed by atoms with van der Waals surface area (Å²) in [6.07, 6.45) is 2.47. The number of amides is 1. The number of hydrogen-bond acceptors (Lipinski definition) is 3. The van der Waals surface area contributed by atoms with Gasteiger partial charge in [0.05, 0.1) is 13.2 Å². The van der Waals surface area contributed by atoms with Crippen LogP contribution in [0.25, 0.3) is 0 Å². The third-order valence-electron chi connectivity index (χ3n) is 3.20. The zero-order valence-corrected chi connectivity index (χ0v) is 10.3. The molecule has 2 aliphatic rings. The van der Waals surface area contributed by atoms with E-state index < -0.39 is 11.2 Å². The molecule has 92 valence electrons. The summed E-state index contributed by atoms with van der Waals surface area (Å²) in [7, 11) is 0. The van der Waals surface area contributed by atoms with Crippen LogP contribution in [0.4, 0.5) is 0 Å². The molecule has 0 saturated carbocycles. The van der Waals surface area contributed by atoms with Gasteiger partial charge in [-0.3, -0.25) is 4.79 Å². The average molecular weight is 248 g/mol. The molecule has 16 heavy (non-hydrogen) atoms. The Morgan fingerprint density at radius 3 is 2.38 bits per heavy atom. The van der Waals surface area contributed by atoms with Crippen molar-refractivity contribution in [1.29, 1.82) is 0 Å². The predicted octanol–water partition coefficient (Wildman–Crippen LogP) is 1.37. The molecule has 0 aromatic heterocycles. The van der Waals surface area contributed by atoms with Gasteiger partial charge in [-0.15, -0.1) is 11.6 Å². The molecular weight excluding hydrogens is 230 g/mol. The van der Waals surface area contributed by atoms with Gasteiger partial charge in [-0.25, -0.2) is 0 Å². The SMILES string of the molecule is CC(Cl)C(=O)N1CCC2(CC1)OCCCO2. The summed E-state index contributed by atoms with van der Waals surface area (Å²) < 4.78 is 11.4. The van der Waals surface area contributed by atoms with Crippen molar-refractivity contribution in [2.24, 2.45) is 0 Å². The van der Waals surface area contributed by atoms with Crippen molar-refractivity contribution in [2.45, 2.75) is 37.4 Å². The number of hydrogen-bond donors (Lipinski definition) is 0. The number of carbonyl (C=O) groups excluding carboxylic acids is 1. The highest BCUT2D eigenvalue weighted by atomic mass is 35.5. The first-order valence-corrected chi connectivity index (χ1v) is 6.27. The lowest BCUT2D eigenvalue weighted by atomic mass is 10.0. The van der Waals surface area contributed by atoms with Crippen LogP contribution < -0.4 is 0 Å². The van der Waals surface area contributed by atoms with E-state index in [1.54, 1.807) is 11.8 Å². The van der Waals surface area contributed by atoms with Gasteiger partial charge >= 0.3 is 0 Å². The van der Waals surface area contributed by atoms with E-state index in [1.807, 2.05) is 0 Å². The fraction of sp³-hybridized carbons (Fsp3) is 0.909. The van der Waals surface area contributed by atoms with Crippen LogP contribution >= 0.6 is 11.6 Å². The Hall–Kier alpha value is -0.320. The summed E-state index contributed by atoms with van der Waals surface area (Å²) in [5, 5.41) is -0.442. The summed E-state index contributed by atoms with van der Waals surface area (Å²) in [4.78, 5) is 13.5. The molecule has 0 aliphatic carbocycles. The van der Waals surface area contributed by atoms with E-state index in [4.69, 9.17) is 21.1 Å². The quantitative estimate of drug-likeness (QED) is 0.657. The predicted molar refractivity (Wildman–Crippen MR) is 60.4 cm³/mol. The van der Waals surface area contributed by atoms with Crippen LogP contribution in [0.5, 0.6) is 0 Å². The molecule has 1 spiro atoms. The largest absolute Gasteiger partial charge is 0.350 e. The van der Waals surface area contributed by atoms with Crippen LogP contribution in [0.3, 0.4) is 0 Å². The van der Waals surface area contributed by atoms with Gasteiger partial charge in [-0.05, 0) is 13.3 Å². The zero-order chi connectivity index (χ0) is 11.6. The van der Waals surface area contributed by atoms with Crippen molar-refractivity contribution in [3.63, 3.8) is 0 Å². The van der Waals surface area contributed by atoms with Crippen molar-refractivity contribution >= 4 is 17.5 Å². The van der Waals surface area contributed by atoms with Crippen molar-refractivity contribution < 1.29 is 14.3 Å². The molecule has 0 N–H and O–H groups in total. The first kappa shape index (κ1) is 12.1. The van der Waals surface area contributed by atoms with Crippen LogP contribution in [0, 0.1) is 0 Å². The number of alkyl halides is 1. The van der Waals surface area contributed by atoms with Gasteiger partial charge in [0.15, 0.2) is 5.79 Å². The van der Waals surface area contributed by atoms with E-state index in [1.165, 1.54) is 0 Å². The summed E-state index contributed by atoms with van der Waals surface area (Å²) in [6.45, 7) is 4.59. The van der Waals surface area contributed by atoms with Crippen LogP contribution in [-0.2, 0) is 14.3 Å². The molecule has 2 aliphatic heterocycles. The standard InChI is InChI=1S/C11H18ClNO3/c1-9(12)10(14)13-5-3-11(4-6-13)15-7-2-8-16-11/h9H,2-8H2,1H3. The smallest absolute Gasteiger partial charge is 0.240 e. The average Bonchev–Trinajstić information content (AvgIpc) is 2.30. The number of carbonyl (C=O) groups is 1. The maximum atomic E-state index is 11.7. The minimum Gasteiger partial charge on any atom is -0.350 e. The Balaban J connectivity index is 1.88. The van der Waals surface area contributed by atoms with Gasteiger partial charge in [0.25, 0.3) is 0 Å². The fourth-order valence-electron chi connectivity index (χ4n) is 2.22. The second-order valence-corrected chi connectivity index (χ2v) is 5.06. The molecule has 0 aromatic carbocycles. The fourth-order valence-corrected chi connectivity index (χ4v) is 2.36. The van der Waals surface area contributed by atoms with Crippen molar-refractivity contribution in [1.82, 2.24) is 4.90 Å². The highest BCUT2D eigenvalue weighted by Gasteiger charge is 2.39. The zero-order valence-electron chi connectivity index (χ0n) is 9.58. The van der Waals surface area contributed by atoms with Gasteiger partial charge in [0.2, 0.25) is 5.91 Å². The molecule has 2 fully saturated rings. The summed E-state index contributed by atoms with van der Waals surface area (Å²) in [5.41, 5.74) is 0. The molecule has 2 rings (SSSR count). The third-order valence-corrected chi connectivity index (χ3v) is 3.38. The second kappa shape index (κ2) is 4.90. The van der Waals surface area contributed by atoms with Crippen LogP contribution in [0.15, 0.2) is 0 Å². The monoisotopic (exact) mass is 247 g/mol. The first-order valence-electron chi connectivity index (χ1n) is 5.84. The Labute approximate surface area is 101 Å². The minimum absolute atomic E-state index is 0.00678. The molecule has 0 bridgehead atoms. The normalized spacial score (nSPS) is 26.8. The van der Waals surface area contributed by atoms with Gasteiger partial charge in [-0.1, -0.05) is 0 Å². The van der Waals surface area contributed by atoms with E-state index in [0.717, 1.165) is 32.5 Å². The Bertz CT molecular complexity index is 254.